The van der Waals surface area contributed by atoms with Gasteiger partial charge in [0, 0.05) is 38.0 Å². The zero-order valence-electron chi connectivity index (χ0n) is 17.8. The minimum atomic E-state index is -0.550. The highest BCUT2D eigenvalue weighted by atomic mass is 16.5. The lowest BCUT2D eigenvalue weighted by molar-refractivity contribution is -0.133. The third-order valence-electron chi connectivity index (χ3n) is 3.53. The van der Waals surface area contributed by atoms with Crippen molar-refractivity contribution in [3.63, 3.8) is 0 Å². The molecule has 0 radical (unpaired) electrons. The Hall–Kier alpha value is -1.77. The van der Waals surface area contributed by atoms with Gasteiger partial charge in [-0.25, -0.2) is 0 Å². The van der Waals surface area contributed by atoms with Crippen molar-refractivity contribution < 1.29 is 28.6 Å². The van der Waals surface area contributed by atoms with Crippen molar-refractivity contribution >= 4 is 17.3 Å². The van der Waals surface area contributed by atoms with Crippen LogP contribution in [0.4, 0.5) is 0 Å². The number of carbonyl (C=O) groups is 3. The maximum atomic E-state index is 11.8. The Bertz CT molecular complexity index is 503. The first kappa shape index (κ1) is 26.2. The fraction of sp³-hybridized carbons (Fsp3) is 0.750. The second kappa shape index (κ2) is 16.2. The van der Waals surface area contributed by atoms with Gasteiger partial charge in [0.05, 0.1) is 39.6 Å². The molecule has 0 aliphatic carbocycles. The second-order valence-corrected chi connectivity index (χ2v) is 6.90. The van der Waals surface area contributed by atoms with Crippen LogP contribution in [0.3, 0.4) is 0 Å². The summed E-state index contributed by atoms with van der Waals surface area (Å²) < 4.78 is 16.1. The molecule has 0 fully saturated rings. The molecule has 0 spiro atoms. The molecular formula is C20H36N2O6. The Balaban J connectivity index is 3.66. The summed E-state index contributed by atoms with van der Waals surface area (Å²) in [5.74, 6) is -0.804. The Morgan fingerprint density at radius 3 is 1.89 bits per heavy atom. The average molecular weight is 401 g/mol. The van der Waals surface area contributed by atoms with E-state index in [1.54, 1.807) is 0 Å². The lowest BCUT2D eigenvalue weighted by Crippen LogP contribution is -2.32. The number of rotatable bonds is 18. The van der Waals surface area contributed by atoms with Gasteiger partial charge in [0.25, 0.3) is 0 Å². The zero-order valence-corrected chi connectivity index (χ0v) is 17.8. The number of ether oxygens (including phenoxy) is 3. The molecule has 0 amide bonds. The molecule has 0 heterocycles. The molecule has 0 rings (SSSR count). The monoisotopic (exact) mass is 400 g/mol. The fourth-order valence-corrected chi connectivity index (χ4v) is 1.98. The summed E-state index contributed by atoms with van der Waals surface area (Å²) in [4.78, 5) is 34.4. The van der Waals surface area contributed by atoms with Crippen LogP contribution < -0.4 is 10.6 Å². The third kappa shape index (κ3) is 14.3. The highest BCUT2D eigenvalue weighted by molar-refractivity contribution is 6.42. The van der Waals surface area contributed by atoms with Crippen molar-refractivity contribution in [1.29, 1.82) is 0 Å². The maximum Gasteiger partial charge on any atom is 0.245 e. The summed E-state index contributed by atoms with van der Waals surface area (Å²) in [6.45, 7) is 12.0. The Labute approximate surface area is 168 Å². The molecule has 0 aromatic carbocycles. The first-order chi connectivity index (χ1) is 13.3. The first-order valence-electron chi connectivity index (χ1n) is 9.77. The summed E-state index contributed by atoms with van der Waals surface area (Å²) in [7, 11) is 0. The van der Waals surface area contributed by atoms with E-state index < -0.39 is 11.6 Å². The summed E-state index contributed by atoms with van der Waals surface area (Å²) in [5.41, 5.74) is 0.251. The SMILES string of the molecule is CC(=O)C(=O)/C(=C/NCCOCCOCCOCCC(=O)C(C)C)NC(C)C. The number of Topliss-reactive ketones (excluding diaryl/α,β-unsaturated/α-hetero) is 3. The van der Waals surface area contributed by atoms with Crippen LogP contribution >= 0.6 is 0 Å². The molecule has 0 bridgehead atoms. The Morgan fingerprint density at radius 2 is 1.39 bits per heavy atom. The minimum absolute atomic E-state index is 0.0458. The predicted octanol–water partition coefficient (Wildman–Crippen LogP) is 1.24. The average Bonchev–Trinajstić information content (AvgIpc) is 2.63. The van der Waals surface area contributed by atoms with E-state index in [4.69, 9.17) is 14.2 Å². The van der Waals surface area contributed by atoms with E-state index >= 15 is 0 Å². The maximum absolute atomic E-state index is 11.8. The second-order valence-electron chi connectivity index (χ2n) is 6.90. The van der Waals surface area contributed by atoms with Gasteiger partial charge in [-0.15, -0.1) is 0 Å². The van der Waals surface area contributed by atoms with Crippen LogP contribution in [0.5, 0.6) is 0 Å². The molecule has 0 aliphatic heterocycles. The number of hydrogen-bond acceptors (Lipinski definition) is 8. The molecule has 0 aliphatic rings. The molecule has 0 aromatic heterocycles. The van der Waals surface area contributed by atoms with E-state index in [0.29, 0.717) is 52.6 Å². The Morgan fingerprint density at radius 1 is 0.857 bits per heavy atom. The van der Waals surface area contributed by atoms with E-state index in [0.717, 1.165) is 0 Å². The zero-order chi connectivity index (χ0) is 21.4. The van der Waals surface area contributed by atoms with E-state index in [9.17, 15) is 14.4 Å². The third-order valence-corrected chi connectivity index (χ3v) is 3.53. The Kier molecular flexibility index (Phi) is 15.2. The van der Waals surface area contributed by atoms with Gasteiger partial charge in [-0.3, -0.25) is 14.4 Å². The van der Waals surface area contributed by atoms with Gasteiger partial charge in [-0.05, 0) is 13.8 Å². The van der Waals surface area contributed by atoms with E-state index in [1.807, 2.05) is 27.7 Å². The quantitative estimate of drug-likeness (QED) is 0.201. The van der Waals surface area contributed by atoms with E-state index in [1.165, 1.54) is 13.1 Å². The van der Waals surface area contributed by atoms with Crippen LogP contribution in [0, 0.1) is 5.92 Å². The van der Waals surface area contributed by atoms with Crippen molar-refractivity contribution in [2.24, 2.45) is 5.92 Å². The van der Waals surface area contributed by atoms with Crippen molar-refractivity contribution in [1.82, 2.24) is 10.6 Å². The molecule has 2 N–H and O–H groups in total. The smallest absolute Gasteiger partial charge is 0.245 e. The fourth-order valence-electron chi connectivity index (χ4n) is 1.98. The van der Waals surface area contributed by atoms with Gasteiger partial charge in [0.15, 0.2) is 0 Å². The van der Waals surface area contributed by atoms with Crippen LogP contribution in [0.1, 0.15) is 41.0 Å². The molecule has 8 nitrogen and oxygen atoms in total. The van der Waals surface area contributed by atoms with Gasteiger partial charge >= 0.3 is 0 Å². The van der Waals surface area contributed by atoms with Gasteiger partial charge < -0.3 is 24.8 Å². The highest BCUT2D eigenvalue weighted by Gasteiger charge is 2.15. The topological polar surface area (TPSA) is 103 Å². The predicted molar refractivity (Wildman–Crippen MR) is 107 cm³/mol. The van der Waals surface area contributed by atoms with Crippen molar-refractivity contribution in [3.05, 3.63) is 11.9 Å². The molecule has 28 heavy (non-hydrogen) atoms. The summed E-state index contributed by atoms with van der Waals surface area (Å²) in [6, 6.07) is 0.0458. The molecule has 0 saturated heterocycles. The number of allylic oxidation sites excluding steroid dienone is 1. The van der Waals surface area contributed by atoms with Crippen LogP contribution in [-0.2, 0) is 28.6 Å². The van der Waals surface area contributed by atoms with Crippen LogP contribution in [0.25, 0.3) is 0 Å². The minimum Gasteiger partial charge on any atom is -0.387 e. The first-order valence-corrected chi connectivity index (χ1v) is 9.77. The normalized spacial score (nSPS) is 11.8. The van der Waals surface area contributed by atoms with Crippen LogP contribution in [0.15, 0.2) is 11.9 Å². The van der Waals surface area contributed by atoms with Gasteiger partial charge in [0.2, 0.25) is 11.6 Å². The van der Waals surface area contributed by atoms with Gasteiger partial charge in [0.1, 0.15) is 11.5 Å². The molecule has 0 atom stereocenters. The van der Waals surface area contributed by atoms with Gasteiger partial charge in [-0.2, -0.15) is 0 Å². The van der Waals surface area contributed by atoms with Gasteiger partial charge in [-0.1, -0.05) is 13.8 Å². The summed E-state index contributed by atoms with van der Waals surface area (Å²) >= 11 is 0. The van der Waals surface area contributed by atoms with Crippen LogP contribution in [0.2, 0.25) is 0 Å². The lowest BCUT2D eigenvalue weighted by atomic mass is 10.1. The van der Waals surface area contributed by atoms with Crippen molar-refractivity contribution in [3.8, 4) is 0 Å². The number of hydrogen-bond donors (Lipinski definition) is 2. The molecule has 0 unspecified atom stereocenters. The van der Waals surface area contributed by atoms with Crippen molar-refractivity contribution in [2.45, 2.75) is 47.1 Å². The molecule has 0 saturated carbocycles. The highest BCUT2D eigenvalue weighted by Crippen LogP contribution is 1.98. The number of nitrogens with one attached hydrogen (secondary N) is 2. The molecule has 8 heteroatoms. The standard InChI is InChI=1S/C20H36N2O6/c1-15(2)19(24)6-8-26-10-12-28-13-11-27-9-7-21-14-18(22-16(3)4)20(25)17(5)23/h14-16,21-22H,6-13H2,1-5H3/b18-14-. The number of ketones is 3. The van der Waals surface area contributed by atoms with Crippen LogP contribution in [-0.4, -0.2) is 69.6 Å². The lowest BCUT2D eigenvalue weighted by Gasteiger charge is -2.12. The summed E-state index contributed by atoms with van der Waals surface area (Å²) in [6.07, 6.45) is 1.94. The largest absolute Gasteiger partial charge is 0.387 e. The number of carbonyl (C=O) groups excluding carboxylic acids is 3. The molecular weight excluding hydrogens is 364 g/mol. The molecule has 162 valence electrons. The molecule has 0 aromatic rings. The van der Waals surface area contributed by atoms with E-state index in [-0.39, 0.29) is 23.4 Å². The van der Waals surface area contributed by atoms with Crippen molar-refractivity contribution in [2.75, 3.05) is 46.2 Å². The summed E-state index contributed by atoms with van der Waals surface area (Å²) in [5, 5.41) is 5.91. The van der Waals surface area contributed by atoms with E-state index in [2.05, 4.69) is 10.6 Å².